The minimum absolute atomic E-state index is 0.265. The van der Waals surface area contributed by atoms with Crippen molar-refractivity contribution < 1.29 is 24.6 Å². The number of nitrogens with zero attached hydrogens (tertiary/aromatic N) is 3. The summed E-state index contributed by atoms with van der Waals surface area (Å²) in [4.78, 5) is 35.9. The number of rotatable bonds is 7. The van der Waals surface area contributed by atoms with Gasteiger partial charge in [0.15, 0.2) is 6.04 Å². The third kappa shape index (κ3) is 4.13. The Labute approximate surface area is 171 Å². The van der Waals surface area contributed by atoms with Gasteiger partial charge in [0, 0.05) is 35.8 Å². The monoisotopic (exact) mass is 409 g/mol. The maximum Gasteiger partial charge on any atom is 0.362 e. The van der Waals surface area contributed by atoms with Crippen LogP contribution in [0.3, 0.4) is 0 Å². The predicted octanol–water partition coefficient (Wildman–Crippen LogP) is 0.678. The summed E-state index contributed by atoms with van der Waals surface area (Å²) in [7, 11) is 0. The molecule has 0 radical (unpaired) electrons. The first-order valence-corrected chi connectivity index (χ1v) is 8.82. The van der Waals surface area contributed by atoms with Crippen molar-refractivity contribution >= 4 is 23.3 Å². The minimum Gasteiger partial charge on any atom is -0.492 e. The summed E-state index contributed by atoms with van der Waals surface area (Å²) >= 11 is 0. The second-order valence-corrected chi connectivity index (χ2v) is 6.11. The number of carbonyl (C=O) groups is 2. The van der Waals surface area contributed by atoms with Crippen molar-refractivity contribution in [2.45, 2.75) is 6.04 Å². The Bertz CT molecular complexity index is 1030. The largest absolute Gasteiger partial charge is 0.492 e. The van der Waals surface area contributed by atoms with Crippen LogP contribution in [0.2, 0.25) is 0 Å². The topological polar surface area (TPSA) is 155 Å². The average Bonchev–Trinajstić information content (AvgIpc) is 3.09. The number of nitrogens with one attached hydrogen (secondary N) is 1. The number of hydrogen-bond acceptors (Lipinski definition) is 8. The lowest BCUT2D eigenvalue weighted by atomic mass is 10.0. The molecular weight excluding hydrogens is 390 g/mol. The lowest BCUT2D eigenvalue weighted by Crippen LogP contribution is -2.54. The van der Waals surface area contributed by atoms with E-state index in [1.165, 1.54) is 24.5 Å². The molecule has 154 valence electrons. The third-order valence-corrected chi connectivity index (χ3v) is 4.20. The third-order valence-electron chi connectivity index (χ3n) is 4.20. The summed E-state index contributed by atoms with van der Waals surface area (Å²) in [5, 5.41) is 28.2. The summed E-state index contributed by atoms with van der Waals surface area (Å²) in [6.45, 7) is -0.428. The Balaban J connectivity index is 2.09. The molecule has 0 aliphatic rings. The van der Waals surface area contributed by atoms with Gasteiger partial charge in [0.25, 0.3) is 0 Å². The minimum atomic E-state index is -1.56. The molecule has 2 heterocycles. The summed E-state index contributed by atoms with van der Waals surface area (Å²) in [5.74, 6) is -2.80. The zero-order valence-corrected chi connectivity index (χ0v) is 15.7. The van der Waals surface area contributed by atoms with Crippen LogP contribution in [-0.4, -0.2) is 50.1 Å². The second-order valence-electron chi connectivity index (χ2n) is 6.11. The first-order chi connectivity index (χ1) is 14.4. The molecule has 0 fully saturated rings. The number of aromatic hydroxyl groups is 2. The van der Waals surface area contributed by atoms with Crippen LogP contribution < -0.4 is 15.5 Å². The normalized spacial score (nSPS) is 11.5. The highest BCUT2D eigenvalue weighted by Gasteiger charge is 2.37. The van der Waals surface area contributed by atoms with Gasteiger partial charge in [-0.3, -0.25) is 14.7 Å². The molecule has 0 unspecified atom stereocenters. The molecule has 1 amide bonds. The van der Waals surface area contributed by atoms with Gasteiger partial charge in [0.2, 0.25) is 17.7 Å². The van der Waals surface area contributed by atoms with Crippen LogP contribution in [0.5, 0.6) is 11.8 Å². The molecule has 1 atom stereocenters. The van der Waals surface area contributed by atoms with Crippen molar-refractivity contribution in [1.82, 2.24) is 9.71 Å². The number of pyridine rings is 1. The van der Waals surface area contributed by atoms with Crippen LogP contribution >= 0.6 is 0 Å². The predicted molar refractivity (Wildman–Crippen MR) is 107 cm³/mol. The summed E-state index contributed by atoms with van der Waals surface area (Å²) in [6, 6.07) is 11.9. The number of nitrogens with two attached hydrogens (primary N) is 1. The zero-order chi connectivity index (χ0) is 21.7. The molecule has 10 nitrogen and oxygen atoms in total. The SMILES string of the molecule is N=C(c1ccncc1)[C@@H](C(=O)On1c(O)ccc1O)N(C(=O)CN)c1ccccc1. The van der Waals surface area contributed by atoms with Crippen LogP contribution in [0.1, 0.15) is 5.56 Å². The van der Waals surface area contributed by atoms with Gasteiger partial charge in [-0.25, -0.2) is 4.79 Å². The number of anilines is 1. The number of benzene rings is 1. The number of hydrogen-bond donors (Lipinski definition) is 4. The molecule has 1 aromatic carbocycles. The van der Waals surface area contributed by atoms with Gasteiger partial charge < -0.3 is 26.2 Å². The fraction of sp³-hybridized carbons (Fsp3) is 0.100. The van der Waals surface area contributed by atoms with Gasteiger partial charge in [-0.1, -0.05) is 18.2 Å². The van der Waals surface area contributed by atoms with Crippen LogP contribution in [-0.2, 0) is 9.59 Å². The van der Waals surface area contributed by atoms with E-state index in [-0.39, 0.29) is 5.71 Å². The van der Waals surface area contributed by atoms with Crippen molar-refractivity contribution in [3.05, 3.63) is 72.6 Å². The van der Waals surface area contributed by atoms with Crippen molar-refractivity contribution in [2.75, 3.05) is 11.4 Å². The van der Waals surface area contributed by atoms with E-state index >= 15 is 0 Å². The van der Waals surface area contributed by atoms with Gasteiger partial charge >= 0.3 is 5.97 Å². The van der Waals surface area contributed by atoms with Gasteiger partial charge in [-0.15, -0.1) is 4.73 Å². The molecule has 0 saturated heterocycles. The molecule has 3 aromatic rings. The van der Waals surface area contributed by atoms with Crippen molar-refractivity contribution in [2.24, 2.45) is 5.73 Å². The summed E-state index contributed by atoms with van der Waals surface area (Å²) in [5.41, 5.74) is 5.93. The molecular formula is C20H19N5O5. The smallest absolute Gasteiger partial charge is 0.362 e. The Morgan fingerprint density at radius 3 is 2.23 bits per heavy atom. The molecule has 0 bridgehead atoms. The van der Waals surface area contributed by atoms with E-state index in [0.717, 1.165) is 17.0 Å². The van der Waals surface area contributed by atoms with Crippen molar-refractivity contribution in [3.63, 3.8) is 0 Å². The van der Waals surface area contributed by atoms with E-state index in [9.17, 15) is 19.8 Å². The fourth-order valence-electron chi connectivity index (χ4n) is 2.80. The molecule has 0 aliphatic carbocycles. The van der Waals surface area contributed by atoms with Gasteiger partial charge in [0.05, 0.1) is 12.3 Å². The number of carbonyl (C=O) groups excluding carboxylic acids is 2. The second kappa shape index (κ2) is 8.88. The fourth-order valence-corrected chi connectivity index (χ4v) is 2.80. The van der Waals surface area contributed by atoms with E-state index in [2.05, 4.69) is 4.98 Å². The van der Waals surface area contributed by atoms with Crippen LogP contribution in [0.15, 0.2) is 67.0 Å². The number of amides is 1. The standard InChI is InChI=1S/C20H19N5O5/c21-12-17(28)24(14-4-2-1-3-5-14)19(18(22)13-8-10-23-11-9-13)20(29)30-25-15(26)6-7-16(25)27/h1-11,19,22,26-27H,12,21H2/t19-/m0/s1. The van der Waals surface area contributed by atoms with Crippen molar-refractivity contribution in [3.8, 4) is 11.8 Å². The Morgan fingerprint density at radius 2 is 1.67 bits per heavy atom. The van der Waals surface area contributed by atoms with Crippen LogP contribution in [0.25, 0.3) is 0 Å². The Kier molecular flexibility index (Phi) is 6.08. The van der Waals surface area contributed by atoms with E-state index in [4.69, 9.17) is 16.0 Å². The molecule has 0 spiro atoms. The van der Waals surface area contributed by atoms with Crippen molar-refractivity contribution in [1.29, 1.82) is 5.41 Å². The molecule has 0 saturated carbocycles. The zero-order valence-electron chi connectivity index (χ0n) is 15.7. The molecule has 5 N–H and O–H groups in total. The Morgan fingerprint density at radius 1 is 1.07 bits per heavy atom. The quantitative estimate of drug-likeness (QED) is 0.418. The number of aromatic nitrogens is 2. The maximum absolute atomic E-state index is 13.1. The average molecular weight is 409 g/mol. The highest BCUT2D eigenvalue weighted by Crippen LogP contribution is 2.23. The van der Waals surface area contributed by atoms with E-state index < -0.39 is 36.2 Å². The highest BCUT2D eigenvalue weighted by molar-refractivity contribution is 6.20. The van der Waals surface area contributed by atoms with E-state index in [0.29, 0.717) is 16.0 Å². The molecule has 10 heteroatoms. The van der Waals surface area contributed by atoms with Crippen LogP contribution in [0.4, 0.5) is 5.69 Å². The van der Waals surface area contributed by atoms with E-state index in [1.54, 1.807) is 30.3 Å². The first kappa shape index (κ1) is 20.6. The molecule has 3 rings (SSSR count). The lowest BCUT2D eigenvalue weighted by Gasteiger charge is -2.30. The molecule has 2 aromatic heterocycles. The van der Waals surface area contributed by atoms with E-state index in [1.807, 2.05) is 0 Å². The molecule has 30 heavy (non-hydrogen) atoms. The number of para-hydroxylation sites is 1. The summed E-state index contributed by atoms with van der Waals surface area (Å²) < 4.78 is 0.491. The highest BCUT2D eigenvalue weighted by atomic mass is 16.7. The van der Waals surface area contributed by atoms with Gasteiger partial charge in [-0.2, -0.15) is 0 Å². The first-order valence-electron chi connectivity index (χ1n) is 8.82. The van der Waals surface area contributed by atoms with Gasteiger partial charge in [-0.05, 0) is 24.3 Å². The van der Waals surface area contributed by atoms with Gasteiger partial charge in [0.1, 0.15) is 0 Å². The maximum atomic E-state index is 13.1. The Hall–Kier alpha value is -4.18. The van der Waals surface area contributed by atoms with Crippen LogP contribution in [0, 0.1) is 5.41 Å². The molecule has 0 aliphatic heterocycles. The summed E-state index contributed by atoms with van der Waals surface area (Å²) in [6.07, 6.45) is 2.88. The lowest BCUT2D eigenvalue weighted by molar-refractivity contribution is -0.146.